The molecule has 3 fully saturated rings. The number of rotatable bonds is 7. The Bertz CT molecular complexity index is 454. The van der Waals surface area contributed by atoms with Gasteiger partial charge in [-0.25, -0.2) is 4.79 Å². The average molecular weight is 356 g/mol. The Morgan fingerprint density at radius 1 is 1.21 bits per heavy atom. The lowest BCUT2D eigenvalue weighted by atomic mass is 9.93. The van der Waals surface area contributed by atoms with E-state index in [2.05, 4.69) is 10.6 Å². The third-order valence-electron chi connectivity index (χ3n) is 5.57. The van der Waals surface area contributed by atoms with Crippen molar-refractivity contribution in [3.05, 3.63) is 0 Å². The Morgan fingerprint density at radius 3 is 2.75 bits per heavy atom. The second-order valence-corrected chi connectivity index (χ2v) is 8.48. The number of thioether (sulfide) groups is 1. The van der Waals surface area contributed by atoms with Crippen molar-refractivity contribution in [1.29, 1.82) is 0 Å². The van der Waals surface area contributed by atoms with Crippen LogP contribution in [0.3, 0.4) is 0 Å². The topological polar surface area (TPSA) is 81.7 Å². The van der Waals surface area contributed by atoms with E-state index < -0.39 is 0 Å². The maximum absolute atomic E-state index is 12.3. The minimum Gasteiger partial charge on any atom is -0.396 e. The second-order valence-electron chi connectivity index (χ2n) is 7.20. The molecule has 0 aromatic rings. The number of aliphatic hydroxyl groups is 1. The van der Waals surface area contributed by atoms with Gasteiger partial charge in [0.05, 0.1) is 12.1 Å². The van der Waals surface area contributed by atoms with Gasteiger partial charge in [-0.15, -0.1) is 0 Å². The first kappa shape index (κ1) is 17.9. The fourth-order valence-corrected chi connectivity index (χ4v) is 5.62. The van der Waals surface area contributed by atoms with Crippen LogP contribution >= 0.6 is 11.8 Å². The van der Waals surface area contributed by atoms with E-state index in [1.54, 1.807) is 0 Å². The molecule has 24 heavy (non-hydrogen) atoms. The van der Waals surface area contributed by atoms with Crippen molar-refractivity contribution >= 4 is 23.7 Å². The highest BCUT2D eigenvalue weighted by Crippen LogP contribution is 2.33. The number of nitrogens with zero attached hydrogens (tertiary/aromatic N) is 1. The van der Waals surface area contributed by atoms with Crippen molar-refractivity contribution in [2.75, 3.05) is 25.4 Å². The van der Waals surface area contributed by atoms with Gasteiger partial charge < -0.3 is 20.6 Å². The van der Waals surface area contributed by atoms with Crippen LogP contribution in [0.4, 0.5) is 4.79 Å². The lowest BCUT2D eigenvalue weighted by Gasteiger charge is -2.32. The maximum Gasteiger partial charge on any atom is 0.315 e. The van der Waals surface area contributed by atoms with E-state index in [4.69, 9.17) is 5.11 Å². The second kappa shape index (κ2) is 8.43. The minimum atomic E-state index is -0.0323. The third-order valence-corrected chi connectivity index (χ3v) is 7.08. The van der Waals surface area contributed by atoms with Crippen molar-refractivity contribution in [1.82, 2.24) is 15.5 Å². The fourth-order valence-electron chi connectivity index (χ4n) is 4.08. The summed E-state index contributed by atoms with van der Waals surface area (Å²) in [5.41, 5.74) is 0. The Kier molecular flexibility index (Phi) is 6.27. The normalized spacial score (nSPS) is 30.1. The van der Waals surface area contributed by atoms with Crippen LogP contribution in [0.15, 0.2) is 0 Å². The molecule has 0 aromatic heterocycles. The molecule has 6 nitrogen and oxygen atoms in total. The molecule has 3 amide bonds. The number of likely N-dealkylation sites (tertiary alicyclic amines) is 1. The van der Waals surface area contributed by atoms with E-state index in [9.17, 15) is 9.59 Å². The zero-order valence-electron chi connectivity index (χ0n) is 14.2. The summed E-state index contributed by atoms with van der Waals surface area (Å²) < 4.78 is 0. The van der Waals surface area contributed by atoms with Crippen LogP contribution in [0.2, 0.25) is 0 Å². The molecule has 3 atom stereocenters. The first-order valence-corrected chi connectivity index (χ1v) is 10.3. The largest absolute Gasteiger partial charge is 0.396 e. The van der Waals surface area contributed by atoms with Gasteiger partial charge >= 0.3 is 6.03 Å². The van der Waals surface area contributed by atoms with Gasteiger partial charge in [0.2, 0.25) is 5.91 Å². The number of urea groups is 1. The molecule has 0 radical (unpaired) electrons. The maximum atomic E-state index is 12.3. The Labute approximate surface area is 148 Å². The van der Waals surface area contributed by atoms with Crippen molar-refractivity contribution in [2.24, 2.45) is 5.92 Å². The molecule has 7 heteroatoms. The Hall–Kier alpha value is -0.950. The zero-order valence-corrected chi connectivity index (χ0v) is 15.0. The van der Waals surface area contributed by atoms with Gasteiger partial charge in [-0.05, 0) is 38.0 Å². The zero-order chi connectivity index (χ0) is 16.9. The number of hydrogen-bond acceptors (Lipinski definition) is 4. The molecule has 3 aliphatic rings. The van der Waals surface area contributed by atoms with Gasteiger partial charge in [0.15, 0.2) is 0 Å². The summed E-state index contributed by atoms with van der Waals surface area (Å²) in [4.78, 5) is 25.6. The standard InChI is InChI=1S/C17H29N3O3S/c21-10-7-12-5-8-20(9-6-12)15(22)4-2-1-3-14-16-13(11-24-14)18-17(23)19-16/h12-14,16,21H,1-11H2,(H2,18,19,23)/t13-,14-,16-/m0/s1. The molecular formula is C17H29N3O3S. The third kappa shape index (κ3) is 4.36. The quantitative estimate of drug-likeness (QED) is 0.475. The number of carbonyl (C=O) groups is 2. The van der Waals surface area contributed by atoms with Gasteiger partial charge in [-0.1, -0.05) is 6.42 Å². The molecule has 136 valence electrons. The average Bonchev–Trinajstić information content (AvgIpc) is 3.12. The Balaban J connectivity index is 1.30. The lowest BCUT2D eigenvalue weighted by Crippen LogP contribution is -2.38. The number of piperidine rings is 1. The summed E-state index contributed by atoms with van der Waals surface area (Å²) in [6.45, 7) is 1.96. The van der Waals surface area contributed by atoms with Crippen molar-refractivity contribution in [3.63, 3.8) is 0 Å². The molecule has 0 aromatic carbocycles. The molecule has 0 aliphatic carbocycles. The molecule has 3 aliphatic heterocycles. The van der Waals surface area contributed by atoms with Gasteiger partial charge in [0.25, 0.3) is 0 Å². The molecule has 3 heterocycles. The summed E-state index contributed by atoms with van der Waals surface area (Å²) in [6, 6.07) is 0.521. The van der Waals surface area contributed by atoms with Crippen LogP contribution in [0.25, 0.3) is 0 Å². The highest BCUT2D eigenvalue weighted by molar-refractivity contribution is 8.00. The number of nitrogens with one attached hydrogen (secondary N) is 2. The number of hydrogen-bond donors (Lipinski definition) is 3. The van der Waals surface area contributed by atoms with E-state index >= 15 is 0 Å². The molecule has 3 saturated heterocycles. The molecule has 0 unspecified atom stereocenters. The van der Waals surface area contributed by atoms with Crippen molar-refractivity contribution in [3.8, 4) is 0 Å². The number of amides is 3. The summed E-state index contributed by atoms with van der Waals surface area (Å²) in [5.74, 6) is 1.86. The van der Waals surface area contributed by atoms with Crippen LogP contribution in [-0.4, -0.2) is 64.7 Å². The number of aliphatic hydroxyl groups excluding tert-OH is 1. The first-order chi connectivity index (χ1) is 11.7. The number of fused-ring (bicyclic) bond motifs is 1. The van der Waals surface area contributed by atoms with E-state index in [1.165, 1.54) is 0 Å². The van der Waals surface area contributed by atoms with Gasteiger partial charge in [-0.2, -0.15) is 11.8 Å². The van der Waals surface area contributed by atoms with Crippen molar-refractivity contribution < 1.29 is 14.7 Å². The van der Waals surface area contributed by atoms with Crippen LogP contribution in [-0.2, 0) is 4.79 Å². The van der Waals surface area contributed by atoms with E-state index in [0.29, 0.717) is 17.6 Å². The summed E-state index contributed by atoms with van der Waals surface area (Å²) in [5, 5.41) is 15.5. The van der Waals surface area contributed by atoms with Gasteiger partial charge in [-0.3, -0.25) is 4.79 Å². The smallest absolute Gasteiger partial charge is 0.315 e. The predicted molar refractivity (Wildman–Crippen MR) is 95.0 cm³/mol. The summed E-state index contributed by atoms with van der Waals surface area (Å²) in [6.07, 6.45) is 6.62. The Morgan fingerprint density at radius 2 is 2.00 bits per heavy atom. The molecule has 0 spiro atoms. The summed E-state index contributed by atoms with van der Waals surface area (Å²) >= 11 is 1.94. The summed E-state index contributed by atoms with van der Waals surface area (Å²) in [7, 11) is 0. The van der Waals surface area contributed by atoms with Crippen LogP contribution < -0.4 is 10.6 Å². The van der Waals surface area contributed by atoms with E-state index in [0.717, 1.165) is 57.4 Å². The highest BCUT2D eigenvalue weighted by Gasteiger charge is 2.42. The highest BCUT2D eigenvalue weighted by atomic mass is 32.2. The molecule has 3 rings (SSSR count). The molecule has 3 N–H and O–H groups in total. The minimum absolute atomic E-state index is 0.0323. The van der Waals surface area contributed by atoms with E-state index in [1.807, 2.05) is 16.7 Å². The van der Waals surface area contributed by atoms with Gasteiger partial charge in [0, 0.05) is 37.1 Å². The van der Waals surface area contributed by atoms with Gasteiger partial charge in [0.1, 0.15) is 0 Å². The van der Waals surface area contributed by atoms with Crippen LogP contribution in [0, 0.1) is 5.92 Å². The molecule has 0 bridgehead atoms. The molecule has 0 saturated carbocycles. The van der Waals surface area contributed by atoms with Crippen LogP contribution in [0.5, 0.6) is 0 Å². The monoisotopic (exact) mass is 355 g/mol. The first-order valence-electron chi connectivity index (χ1n) is 9.24. The SMILES string of the molecule is O=C1N[C@H]2[C@H](CS[C@H]2CCCCC(=O)N2CCC(CCO)CC2)N1. The lowest BCUT2D eigenvalue weighted by molar-refractivity contribution is -0.132. The fraction of sp³-hybridized carbons (Fsp3) is 0.882. The van der Waals surface area contributed by atoms with Crippen LogP contribution in [0.1, 0.15) is 44.9 Å². The van der Waals surface area contributed by atoms with E-state index in [-0.39, 0.29) is 30.6 Å². The number of carbonyl (C=O) groups excluding carboxylic acids is 2. The van der Waals surface area contributed by atoms with Crippen molar-refractivity contribution in [2.45, 2.75) is 62.3 Å². The predicted octanol–water partition coefficient (Wildman–Crippen LogP) is 1.33. The number of unbranched alkanes of at least 4 members (excludes halogenated alkanes) is 1. The molecular weight excluding hydrogens is 326 g/mol.